The molecule has 0 fully saturated rings. The van der Waals surface area contributed by atoms with Crippen molar-refractivity contribution >= 4 is 56.3 Å². The number of anilines is 2. The SMILES string of the molecule is C[C@@H]1CCc2c(sc(NC(=O)c3cccc(C(=O)Nc4sc5c(c4C(N)=O)CC[C@H](C)C5)c3)c2C(N)=O)C1. The number of hydrogen-bond acceptors (Lipinski definition) is 6. The molecule has 2 aromatic heterocycles. The molecule has 2 aliphatic rings. The number of carbonyl (C=O) groups excluding carboxylic acids is 4. The highest BCUT2D eigenvalue weighted by Crippen LogP contribution is 2.41. The Bertz CT molecular complexity index is 1370. The van der Waals surface area contributed by atoms with Crippen LogP contribution in [0.25, 0.3) is 0 Å². The molecule has 0 saturated carbocycles. The zero-order chi connectivity index (χ0) is 27.1. The molecule has 0 aliphatic heterocycles. The number of rotatable bonds is 6. The molecule has 0 bridgehead atoms. The van der Waals surface area contributed by atoms with E-state index in [4.69, 9.17) is 11.5 Å². The van der Waals surface area contributed by atoms with Crippen molar-refractivity contribution in [1.29, 1.82) is 0 Å². The van der Waals surface area contributed by atoms with E-state index in [1.807, 2.05) is 0 Å². The summed E-state index contributed by atoms with van der Waals surface area (Å²) < 4.78 is 0. The highest BCUT2D eigenvalue weighted by Gasteiger charge is 2.29. The molecule has 5 rings (SSSR count). The van der Waals surface area contributed by atoms with Crippen LogP contribution in [0.1, 0.15) is 89.0 Å². The lowest BCUT2D eigenvalue weighted by Crippen LogP contribution is -2.20. The minimum absolute atomic E-state index is 0.266. The smallest absolute Gasteiger partial charge is 0.256 e. The standard InChI is InChI=1S/C28H30N4O4S2/c1-13-6-8-17-19(10-13)37-27(21(17)23(29)33)31-25(35)15-4-3-5-16(12-15)26(36)32-28-22(24(30)34)18-9-7-14(2)11-20(18)38-28/h3-5,12-14H,6-11H2,1-2H3,(H2,29,33)(H2,30,34)(H,31,35)(H,32,36)/t13-,14+. The van der Waals surface area contributed by atoms with Gasteiger partial charge in [0, 0.05) is 20.9 Å². The fraction of sp³-hybridized carbons (Fsp3) is 0.357. The first-order chi connectivity index (χ1) is 18.1. The Morgan fingerprint density at radius 3 is 1.58 bits per heavy atom. The largest absolute Gasteiger partial charge is 0.365 e. The van der Waals surface area contributed by atoms with Gasteiger partial charge in [-0.2, -0.15) is 0 Å². The third kappa shape index (κ3) is 4.98. The molecule has 2 heterocycles. The summed E-state index contributed by atoms with van der Waals surface area (Å²) in [4.78, 5) is 52.9. The van der Waals surface area contributed by atoms with Gasteiger partial charge in [0.15, 0.2) is 0 Å². The minimum Gasteiger partial charge on any atom is -0.365 e. The molecule has 0 saturated heterocycles. The van der Waals surface area contributed by atoms with E-state index >= 15 is 0 Å². The number of nitrogens with one attached hydrogen (secondary N) is 2. The maximum absolute atomic E-state index is 13.2. The molecule has 0 spiro atoms. The Morgan fingerprint density at radius 1 is 0.763 bits per heavy atom. The number of hydrogen-bond donors (Lipinski definition) is 4. The van der Waals surface area contributed by atoms with Crippen LogP contribution in [0, 0.1) is 11.8 Å². The van der Waals surface area contributed by atoms with Crippen molar-refractivity contribution in [2.45, 2.75) is 52.4 Å². The first-order valence-electron chi connectivity index (χ1n) is 12.7. The van der Waals surface area contributed by atoms with E-state index in [1.165, 1.54) is 28.7 Å². The van der Waals surface area contributed by atoms with Gasteiger partial charge in [-0.1, -0.05) is 19.9 Å². The van der Waals surface area contributed by atoms with Crippen LogP contribution < -0.4 is 22.1 Å². The van der Waals surface area contributed by atoms with Crippen LogP contribution in [0.4, 0.5) is 10.0 Å². The molecule has 10 heteroatoms. The number of fused-ring (bicyclic) bond motifs is 2. The van der Waals surface area contributed by atoms with Crippen LogP contribution in [0.5, 0.6) is 0 Å². The van der Waals surface area contributed by atoms with Gasteiger partial charge in [-0.15, -0.1) is 22.7 Å². The molecule has 198 valence electrons. The summed E-state index contributed by atoms with van der Waals surface area (Å²) in [7, 11) is 0. The Hall–Kier alpha value is -3.50. The van der Waals surface area contributed by atoms with Crippen molar-refractivity contribution in [2.75, 3.05) is 10.6 Å². The van der Waals surface area contributed by atoms with E-state index < -0.39 is 23.6 Å². The number of nitrogens with two attached hydrogens (primary N) is 2. The lowest BCUT2D eigenvalue weighted by molar-refractivity contribution is 0.0990. The number of thiophene rings is 2. The number of benzene rings is 1. The van der Waals surface area contributed by atoms with Gasteiger partial charge in [-0.05, 0) is 79.7 Å². The number of amides is 4. The summed E-state index contributed by atoms with van der Waals surface area (Å²) >= 11 is 2.78. The van der Waals surface area contributed by atoms with E-state index in [-0.39, 0.29) is 11.1 Å². The van der Waals surface area contributed by atoms with Gasteiger partial charge in [0.2, 0.25) is 0 Å². The quantitative estimate of drug-likeness (QED) is 0.351. The van der Waals surface area contributed by atoms with Crippen LogP contribution in [0.15, 0.2) is 24.3 Å². The van der Waals surface area contributed by atoms with Crippen molar-refractivity contribution in [3.8, 4) is 0 Å². The fourth-order valence-corrected chi connectivity index (χ4v) is 8.17. The summed E-state index contributed by atoms with van der Waals surface area (Å²) in [5.74, 6) is -0.974. The zero-order valence-electron chi connectivity index (χ0n) is 21.3. The summed E-state index contributed by atoms with van der Waals surface area (Å²) in [6.07, 6.45) is 5.16. The Morgan fingerprint density at radius 2 is 1.18 bits per heavy atom. The average molecular weight is 551 g/mol. The highest BCUT2D eigenvalue weighted by molar-refractivity contribution is 7.17. The van der Waals surface area contributed by atoms with Crippen molar-refractivity contribution in [2.24, 2.45) is 23.3 Å². The van der Waals surface area contributed by atoms with E-state index in [2.05, 4.69) is 24.5 Å². The van der Waals surface area contributed by atoms with Gasteiger partial charge in [-0.25, -0.2) is 0 Å². The van der Waals surface area contributed by atoms with Gasteiger partial charge >= 0.3 is 0 Å². The van der Waals surface area contributed by atoms with Gasteiger partial charge in [0.1, 0.15) is 10.0 Å². The zero-order valence-corrected chi connectivity index (χ0v) is 22.9. The van der Waals surface area contributed by atoms with Crippen LogP contribution in [-0.2, 0) is 25.7 Å². The molecule has 2 atom stereocenters. The maximum Gasteiger partial charge on any atom is 0.256 e. The fourth-order valence-electron chi connectivity index (χ4n) is 5.35. The van der Waals surface area contributed by atoms with Crippen molar-refractivity contribution in [3.63, 3.8) is 0 Å². The lowest BCUT2D eigenvalue weighted by atomic mass is 9.88. The Balaban J connectivity index is 1.37. The average Bonchev–Trinajstić information content (AvgIpc) is 3.40. The van der Waals surface area contributed by atoms with Crippen LogP contribution >= 0.6 is 22.7 Å². The molecule has 0 unspecified atom stereocenters. The molecule has 38 heavy (non-hydrogen) atoms. The third-order valence-electron chi connectivity index (χ3n) is 7.36. The molecule has 2 aliphatic carbocycles. The van der Waals surface area contributed by atoms with Gasteiger partial charge in [0.05, 0.1) is 11.1 Å². The van der Waals surface area contributed by atoms with Crippen molar-refractivity contribution < 1.29 is 19.2 Å². The predicted molar refractivity (Wildman–Crippen MR) is 150 cm³/mol. The van der Waals surface area contributed by atoms with Crippen molar-refractivity contribution in [1.82, 2.24) is 0 Å². The first kappa shape index (κ1) is 26.1. The number of carbonyl (C=O) groups is 4. The van der Waals surface area contributed by atoms with E-state index in [1.54, 1.807) is 18.2 Å². The molecule has 0 radical (unpaired) electrons. The maximum atomic E-state index is 13.2. The topological polar surface area (TPSA) is 144 Å². The summed E-state index contributed by atoms with van der Waals surface area (Å²) in [5, 5.41) is 6.58. The highest BCUT2D eigenvalue weighted by atomic mass is 32.1. The molecule has 3 aromatic rings. The second kappa shape index (κ2) is 10.3. The molecular formula is C28H30N4O4S2. The predicted octanol–water partition coefficient (Wildman–Crippen LogP) is 4.76. The summed E-state index contributed by atoms with van der Waals surface area (Å²) in [5.41, 5.74) is 14.5. The summed E-state index contributed by atoms with van der Waals surface area (Å²) in [6.45, 7) is 4.33. The van der Waals surface area contributed by atoms with Crippen LogP contribution in [0.3, 0.4) is 0 Å². The minimum atomic E-state index is -0.557. The molecule has 4 amide bonds. The Kier molecular flexibility index (Phi) is 7.11. The van der Waals surface area contributed by atoms with Gasteiger partial charge in [0.25, 0.3) is 23.6 Å². The monoisotopic (exact) mass is 550 g/mol. The normalized spacial score (nSPS) is 18.3. The molecule has 1 aromatic carbocycles. The van der Waals surface area contributed by atoms with Gasteiger partial charge < -0.3 is 22.1 Å². The number of primary amides is 2. The van der Waals surface area contributed by atoms with E-state index in [9.17, 15) is 19.2 Å². The van der Waals surface area contributed by atoms with E-state index in [0.717, 1.165) is 59.4 Å². The van der Waals surface area contributed by atoms with Crippen molar-refractivity contribution in [3.05, 3.63) is 67.4 Å². The van der Waals surface area contributed by atoms with Crippen LogP contribution in [-0.4, -0.2) is 23.6 Å². The van der Waals surface area contributed by atoms with E-state index in [0.29, 0.717) is 33.0 Å². The van der Waals surface area contributed by atoms with Crippen LogP contribution in [0.2, 0.25) is 0 Å². The second-order valence-electron chi connectivity index (χ2n) is 10.3. The first-order valence-corrected chi connectivity index (χ1v) is 14.4. The van der Waals surface area contributed by atoms with Gasteiger partial charge in [-0.3, -0.25) is 19.2 Å². The second-order valence-corrected chi connectivity index (χ2v) is 12.5. The molecular weight excluding hydrogens is 520 g/mol. The summed E-state index contributed by atoms with van der Waals surface area (Å²) in [6, 6.07) is 6.32. The third-order valence-corrected chi connectivity index (χ3v) is 9.70. The molecule has 8 nitrogen and oxygen atoms in total. The lowest BCUT2D eigenvalue weighted by Gasteiger charge is -2.18. The molecule has 6 N–H and O–H groups in total. The Labute approximate surface area is 228 Å².